The first kappa shape index (κ1) is 14.4. The SMILES string of the molecule is CCS(=O)(=O)CC(C)N(C)C(=O)C1CCNC1. The molecule has 1 amide bonds. The number of sulfone groups is 1. The minimum absolute atomic E-state index is 0.00628. The van der Waals surface area contributed by atoms with Gasteiger partial charge in [-0.15, -0.1) is 0 Å². The number of hydrogen-bond donors (Lipinski definition) is 1. The van der Waals surface area contributed by atoms with Crippen molar-refractivity contribution in [3.05, 3.63) is 0 Å². The van der Waals surface area contributed by atoms with Gasteiger partial charge in [0, 0.05) is 25.4 Å². The second-order valence-electron chi connectivity index (χ2n) is 4.69. The predicted octanol–water partition coefficient (Wildman–Crippen LogP) is -0.122. The lowest BCUT2D eigenvalue weighted by Gasteiger charge is -2.27. The molecule has 1 N–H and O–H groups in total. The number of amides is 1. The largest absolute Gasteiger partial charge is 0.342 e. The lowest BCUT2D eigenvalue weighted by molar-refractivity contribution is -0.134. The summed E-state index contributed by atoms with van der Waals surface area (Å²) in [4.78, 5) is 13.6. The van der Waals surface area contributed by atoms with Crippen LogP contribution in [0.2, 0.25) is 0 Å². The van der Waals surface area contributed by atoms with E-state index >= 15 is 0 Å². The predicted molar refractivity (Wildman–Crippen MR) is 67.5 cm³/mol. The minimum Gasteiger partial charge on any atom is -0.342 e. The van der Waals surface area contributed by atoms with Gasteiger partial charge in [0.2, 0.25) is 5.91 Å². The Hall–Kier alpha value is -0.620. The molecule has 0 aliphatic carbocycles. The van der Waals surface area contributed by atoms with Crippen molar-refractivity contribution >= 4 is 15.7 Å². The molecule has 1 saturated heterocycles. The van der Waals surface area contributed by atoms with E-state index in [1.807, 2.05) is 0 Å². The summed E-state index contributed by atoms with van der Waals surface area (Å²) in [6.07, 6.45) is 0.844. The Morgan fingerprint density at radius 3 is 2.65 bits per heavy atom. The zero-order valence-electron chi connectivity index (χ0n) is 10.8. The minimum atomic E-state index is -3.03. The van der Waals surface area contributed by atoms with Gasteiger partial charge in [-0.1, -0.05) is 6.92 Å². The summed E-state index contributed by atoms with van der Waals surface area (Å²) in [5.41, 5.74) is 0. The van der Waals surface area contributed by atoms with Crippen molar-refractivity contribution in [1.82, 2.24) is 10.2 Å². The maximum atomic E-state index is 12.1. The van der Waals surface area contributed by atoms with E-state index < -0.39 is 9.84 Å². The van der Waals surface area contributed by atoms with Crippen molar-refractivity contribution in [2.24, 2.45) is 5.92 Å². The van der Waals surface area contributed by atoms with Crippen LogP contribution < -0.4 is 5.32 Å². The molecule has 0 aromatic carbocycles. The highest BCUT2D eigenvalue weighted by molar-refractivity contribution is 7.91. The van der Waals surface area contributed by atoms with Crippen LogP contribution >= 0.6 is 0 Å². The standard InChI is InChI=1S/C11H22N2O3S/c1-4-17(15,16)8-9(2)13(3)11(14)10-5-6-12-7-10/h9-10,12H,4-8H2,1-3H3. The van der Waals surface area contributed by atoms with Gasteiger partial charge in [0.1, 0.15) is 0 Å². The Balaban J connectivity index is 2.56. The van der Waals surface area contributed by atoms with Crippen molar-refractivity contribution in [3.63, 3.8) is 0 Å². The van der Waals surface area contributed by atoms with Crippen molar-refractivity contribution in [1.29, 1.82) is 0 Å². The maximum Gasteiger partial charge on any atom is 0.227 e. The number of nitrogens with one attached hydrogen (secondary N) is 1. The third-order valence-electron chi connectivity index (χ3n) is 3.35. The number of hydrogen-bond acceptors (Lipinski definition) is 4. The Morgan fingerprint density at radius 1 is 1.53 bits per heavy atom. The molecule has 6 heteroatoms. The van der Waals surface area contributed by atoms with Crippen LogP contribution in [0.4, 0.5) is 0 Å². The molecular weight excluding hydrogens is 240 g/mol. The average molecular weight is 262 g/mol. The molecule has 100 valence electrons. The van der Waals surface area contributed by atoms with Crippen LogP contribution in [-0.2, 0) is 14.6 Å². The first-order chi connectivity index (χ1) is 7.87. The second kappa shape index (κ2) is 5.82. The number of carbonyl (C=O) groups excluding carboxylic acids is 1. The molecule has 1 aliphatic heterocycles. The van der Waals surface area contributed by atoms with E-state index in [1.54, 1.807) is 25.8 Å². The van der Waals surface area contributed by atoms with Crippen molar-refractivity contribution in [2.45, 2.75) is 26.3 Å². The van der Waals surface area contributed by atoms with Crippen LogP contribution in [0.15, 0.2) is 0 Å². The van der Waals surface area contributed by atoms with Gasteiger partial charge >= 0.3 is 0 Å². The Bertz CT molecular complexity index is 361. The van der Waals surface area contributed by atoms with E-state index in [1.165, 1.54) is 0 Å². The van der Waals surface area contributed by atoms with Crippen LogP contribution in [0.25, 0.3) is 0 Å². The first-order valence-corrected chi connectivity index (χ1v) is 7.87. The zero-order chi connectivity index (χ0) is 13.1. The fourth-order valence-corrected chi connectivity index (χ4v) is 3.16. The topological polar surface area (TPSA) is 66.5 Å². The smallest absolute Gasteiger partial charge is 0.227 e. The summed E-state index contributed by atoms with van der Waals surface area (Å²) in [5, 5.41) is 3.14. The van der Waals surface area contributed by atoms with Crippen molar-refractivity contribution < 1.29 is 13.2 Å². The van der Waals surface area contributed by atoms with Crippen LogP contribution in [0.3, 0.4) is 0 Å². The molecule has 0 spiro atoms. The van der Waals surface area contributed by atoms with Gasteiger partial charge in [-0.25, -0.2) is 8.42 Å². The fraction of sp³-hybridized carbons (Fsp3) is 0.909. The Labute approximate surface area is 103 Å². The van der Waals surface area contributed by atoms with Crippen molar-refractivity contribution in [3.8, 4) is 0 Å². The molecule has 2 unspecified atom stereocenters. The van der Waals surface area contributed by atoms with Crippen molar-refractivity contribution in [2.75, 3.05) is 31.6 Å². The van der Waals surface area contributed by atoms with Gasteiger partial charge < -0.3 is 10.2 Å². The molecular formula is C11H22N2O3S. The highest BCUT2D eigenvalue weighted by atomic mass is 32.2. The van der Waals surface area contributed by atoms with Gasteiger partial charge in [-0.05, 0) is 19.9 Å². The highest BCUT2D eigenvalue weighted by Gasteiger charge is 2.28. The van der Waals surface area contributed by atoms with Gasteiger partial charge in [0.25, 0.3) is 0 Å². The quantitative estimate of drug-likeness (QED) is 0.750. The summed E-state index contributed by atoms with van der Waals surface area (Å²) in [6, 6.07) is -0.256. The van der Waals surface area contributed by atoms with Crippen LogP contribution in [0.5, 0.6) is 0 Å². The highest BCUT2D eigenvalue weighted by Crippen LogP contribution is 2.13. The summed E-state index contributed by atoms with van der Waals surface area (Å²) in [7, 11) is -1.34. The van der Waals surface area contributed by atoms with E-state index in [2.05, 4.69) is 5.32 Å². The van der Waals surface area contributed by atoms with Gasteiger partial charge in [0.05, 0.1) is 11.7 Å². The molecule has 5 nitrogen and oxygen atoms in total. The normalized spacial score (nSPS) is 22.4. The molecule has 17 heavy (non-hydrogen) atoms. The summed E-state index contributed by atoms with van der Waals surface area (Å²) >= 11 is 0. The Kier molecular flexibility index (Phi) is 4.94. The molecule has 1 aliphatic rings. The lowest BCUT2D eigenvalue weighted by Crippen LogP contribution is -2.43. The van der Waals surface area contributed by atoms with E-state index in [0.29, 0.717) is 6.54 Å². The van der Waals surface area contributed by atoms with E-state index in [9.17, 15) is 13.2 Å². The van der Waals surface area contributed by atoms with Crippen LogP contribution in [0, 0.1) is 5.92 Å². The molecule has 1 fully saturated rings. The van der Waals surface area contributed by atoms with Crippen LogP contribution in [-0.4, -0.2) is 56.9 Å². The van der Waals surface area contributed by atoms with Gasteiger partial charge in [-0.2, -0.15) is 0 Å². The number of carbonyl (C=O) groups is 1. The van der Waals surface area contributed by atoms with E-state index in [4.69, 9.17) is 0 Å². The second-order valence-corrected chi connectivity index (χ2v) is 7.08. The molecule has 0 aromatic rings. The third kappa shape index (κ3) is 3.96. The van der Waals surface area contributed by atoms with Gasteiger partial charge in [-0.3, -0.25) is 4.79 Å². The summed E-state index contributed by atoms with van der Waals surface area (Å²) < 4.78 is 23.0. The third-order valence-corrected chi connectivity index (χ3v) is 5.22. The lowest BCUT2D eigenvalue weighted by atomic mass is 10.1. The zero-order valence-corrected chi connectivity index (χ0v) is 11.6. The van der Waals surface area contributed by atoms with Crippen LogP contribution in [0.1, 0.15) is 20.3 Å². The number of nitrogens with zero attached hydrogens (tertiary/aromatic N) is 1. The van der Waals surface area contributed by atoms with E-state index in [0.717, 1.165) is 13.0 Å². The van der Waals surface area contributed by atoms with Gasteiger partial charge in [0.15, 0.2) is 9.84 Å². The first-order valence-electron chi connectivity index (χ1n) is 6.05. The molecule has 0 radical (unpaired) electrons. The maximum absolute atomic E-state index is 12.1. The molecule has 0 saturated carbocycles. The molecule has 0 bridgehead atoms. The summed E-state index contributed by atoms with van der Waals surface area (Å²) in [5.74, 6) is 0.233. The Morgan fingerprint density at radius 2 is 2.18 bits per heavy atom. The number of rotatable bonds is 5. The molecule has 1 rings (SSSR count). The molecule has 1 heterocycles. The fourth-order valence-electron chi connectivity index (χ4n) is 1.97. The molecule has 2 atom stereocenters. The monoisotopic (exact) mass is 262 g/mol. The molecule has 0 aromatic heterocycles. The van der Waals surface area contributed by atoms with E-state index in [-0.39, 0.29) is 29.4 Å². The average Bonchev–Trinajstić information content (AvgIpc) is 2.80. The summed E-state index contributed by atoms with van der Waals surface area (Å²) in [6.45, 7) is 4.99.